The molecule has 0 radical (unpaired) electrons. The summed E-state index contributed by atoms with van der Waals surface area (Å²) in [4.78, 5) is 23.7. The third kappa shape index (κ3) is 4.59. The number of likely N-dealkylation sites (tertiary alicyclic amines) is 1. The number of piperidine rings is 1. The van der Waals surface area contributed by atoms with Crippen molar-refractivity contribution in [2.75, 3.05) is 18.4 Å². The fraction of sp³-hybridized carbons (Fsp3) is 0.261. The first kappa shape index (κ1) is 19.1. The Bertz CT molecular complexity index is 989. The molecule has 148 valence electrons. The van der Waals surface area contributed by atoms with Gasteiger partial charge in [-0.25, -0.2) is 14.4 Å². The van der Waals surface area contributed by atoms with Gasteiger partial charge in [0.15, 0.2) is 0 Å². The van der Waals surface area contributed by atoms with Gasteiger partial charge in [0.2, 0.25) is 5.95 Å². The monoisotopic (exact) mass is 390 g/mol. The van der Waals surface area contributed by atoms with E-state index in [1.165, 1.54) is 12.1 Å². The van der Waals surface area contributed by atoms with Crippen LogP contribution in [-0.2, 0) is 0 Å². The van der Waals surface area contributed by atoms with Crippen molar-refractivity contribution in [3.63, 3.8) is 0 Å². The number of rotatable bonds is 4. The van der Waals surface area contributed by atoms with Crippen LogP contribution in [0.1, 0.15) is 40.4 Å². The van der Waals surface area contributed by atoms with Crippen LogP contribution in [0.4, 0.5) is 16.0 Å². The maximum atomic E-state index is 13.1. The molecule has 6 heteroatoms. The minimum absolute atomic E-state index is 0.0633. The summed E-state index contributed by atoms with van der Waals surface area (Å²) in [6, 6.07) is 15.7. The highest BCUT2D eigenvalue weighted by Gasteiger charge is 2.26. The first-order valence-corrected chi connectivity index (χ1v) is 9.80. The summed E-state index contributed by atoms with van der Waals surface area (Å²) in [5.74, 6) is 0.408. The molecule has 0 unspecified atom stereocenters. The van der Waals surface area contributed by atoms with Gasteiger partial charge >= 0.3 is 0 Å². The summed E-state index contributed by atoms with van der Waals surface area (Å²) in [6.45, 7) is 3.41. The first-order valence-electron chi connectivity index (χ1n) is 9.80. The van der Waals surface area contributed by atoms with Gasteiger partial charge in [-0.05, 0) is 62.2 Å². The highest BCUT2D eigenvalue weighted by Crippen LogP contribution is 2.27. The molecule has 1 aromatic heterocycles. The molecule has 0 saturated carbocycles. The van der Waals surface area contributed by atoms with Crippen molar-refractivity contribution in [1.29, 1.82) is 0 Å². The molecule has 1 fully saturated rings. The van der Waals surface area contributed by atoms with Gasteiger partial charge < -0.3 is 10.2 Å². The van der Waals surface area contributed by atoms with E-state index in [-0.39, 0.29) is 17.6 Å². The van der Waals surface area contributed by atoms with Crippen LogP contribution < -0.4 is 5.32 Å². The van der Waals surface area contributed by atoms with Crippen LogP contribution in [0, 0.1) is 12.7 Å². The molecular weight excluding hydrogens is 367 g/mol. The summed E-state index contributed by atoms with van der Waals surface area (Å²) < 4.78 is 13.1. The number of benzene rings is 2. The maximum Gasteiger partial charge on any atom is 0.253 e. The number of carbonyl (C=O) groups excluding carboxylic acids is 1. The van der Waals surface area contributed by atoms with Crippen molar-refractivity contribution < 1.29 is 9.18 Å². The summed E-state index contributed by atoms with van der Waals surface area (Å²) in [7, 11) is 0. The number of hydrogen-bond acceptors (Lipinski definition) is 4. The van der Waals surface area contributed by atoms with E-state index >= 15 is 0 Å². The number of aromatic nitrogens is 2. The van der Waals surface area contributed by atoms with E-state index in [9.17, 15) is 9.18 Å². The average Bonchev–Trinajstić information content (AvgIpc) is 2.76. The molecule has 1 aliphatic rings. The molecule has 1 atom stereocenters. The van der Waals surface area contributed by atoms with E-state index in [0.717, 1.165) is 41.9 Å². The molecule has 2 aromatic carbocycles. The lowest BCUT2D eigenvalue weighted by Crippen LogP contribution is -2.39. The third-order valence-corrected chi connectivity index (χ3v) is 5.20. The zero-order valence-corrected chi connectivity index (χ0v) is 16.3. The molecular formula is C23H23FN4O. The second-order valence-corrected chi connectivity index (χ2v) is 7.39. The SMILES string of the molecule is Cc1ccc(C(=O)N2CCC[C@@H](c3ccnc(Nc4ccc(F)cc4)n3)C2)cc1. The molecule has 5 nitrogen and oxygen atoms in total. The molecule has 1 aliphatic heterocycles. The quantitative estimate of drug-likeness (QED) is 0.702. The van der Waals surface area contributed by atoms with Crippen LogP contribution >= 0.6 is 0 Å². The lowest BCUT2D eigenvalue weighted by molar-refractivity contribution is 0.0706. The second-order valence-electron chi connectivity index (χ2n) is 7.39. The standard InChI is InChI=1S/C23H23FN4O/c1-16-4-6-17(7-5-16)22(29)28-14-2-3-18(15-28)21-12-13-25-23(27-21)26-20-10-8-19(24)9-11-20/h4-13,18H,2-3,14-15H2,1H3,(H,25,26,27)/t18-/m1/s1. The van der Waals surface area contributed by atoms with Crippen LogP contribution in [0.2, 0.25) is 0 Å². The second kappa shape index (κ2) is 8.39. The fourth-order valence-electron chi connectivity index (χ4n) is 3.60. The topological polar surface area (TPSA) is 58.1 Å². The number of hydrogen-bond donors (Lipinski definition) is 1. The van der Waals surface area contributed by atoms with Crippen LogP contribution in [-0.4, -0.2) is 33.9 Å². The predicted octanol–water partition coefficient (Wildman–Crippen LogP) is 4.69. The summed E-state index contributed by atoms with van der Waals surface area (Å²) in [6.07, 6.45) is 3.63. The number of carbonyl (C=O) groups is 1. The van der Waals surface area contributed by atoms with E-state index in [0.29, 0.717) is 12.5 Å². The van der Waals surface area contributed by atoms with Crippen LogP contribution in [0.25, 0.3) is 0 Å². The van der Waals surface area contributed by atoms with Crippen molar-refractivity contribution in [3.8, 4) is 0 Å². The fourth-order valence-corrected chi connectivity index (χ4v) is 3.60. The van der Waals surface area contributed by atoms with E-state index in [4.69, 9.17) is 0 Å². The largest absolute Gasteiger partial charge is 0.338 e. The molecule has 3 aromatic rings. The molecule has 29 heavy (non-hydrogen) atoms. The smallest absolute Gasteiger partial charge is 0.253 e. The Balaban J connectivity index is 1.47. The predicted molar refractivity (Wildman–Crippen MR) is 111 cm³/mol. The number of anilines is 2. The molecule has 1 N–H and O–H groups in total. The van der Waals surface area contributed by atoms with E-state index in [1.807, 2.05) is 42.2 Å². The summed E-state index contributed by atoms with van der Waals surface area (Å²) in [5, 5.41) is 3.11. The normalized spacial score (nSPS) is 16.5. The minimum atomic E-state index is -0.286. The van der Waals surface area contributed by atoms with Gasteiger partial charge in [-0.2, -0.15) is 0 Å². The van der Waals surface area contributed by atoms with Crippen molar-refractivity contribution >= 4 is 17.5 Å². The highest BCUT2D eigenvalue weighted by molar-refractivity contribution is 5.94. The van der Waals surface area contributed by atoms with Gasteiger partial charge in [0.1, 0.15) is 5.82 Å². The van der Waals surface area contributed by atoms with Gasteiger partial charge in [0.05, 0.1) is 5.69 Å². The van der Waals surface area contributed by atoms with Crippen molar-refractivity contribution in [1.82, 2.24) is 14.9 Å². The molecule has 1 saturated heterocycles. The third-order valence-electron chi connectivity index (χ3n) is 5.20. The Hall–Kier alpha value is -3.28. The Morgan fingerprint density at radius 3 is 2.62 bits per heavy atom. The summed E-state index contributed by atoms with van der Waals surface area (Å²) in [5.41, 5.74) is 3.49. The zero-order chi connectivity index (χ0) is 20.2. The molecule has 0 bridgehead atoms. The lowest BCUT2D eigenvalue weighted by Gasteiger charge is -2.32. The number of nitrogens with zero attached hydrogens (tertiary/aromatic N) is 3. The lowest BCUT2D eigenvalue weighted by atomic mass is 9.94. The van der Waals surface area contributed by atoms with Crippen LogP contribution in [0.15, 0.2) is 60.8 Å². The molecule has 4 rings (SSSR count). The maximum absolute atomic E-state index is 13.1. The number of amides is 1. The molecule has 0 spiro atoms. The Labute approximate surface area is 169 Å². The van der Waals surface area contributed by atoms with Crippen molar-refractivity contribution in [3.05, 3.63) is 83.4 Å². The van der Waals surface area contributed by atoms with Gasteiger partial charge in [-0.15, -0.1) is 0 Å². The first-order chi connectivity index (χ1) is 14.1. The average molecular weight is 390 g/mol. The van der Waals surface area contributed by atoms with Gasteiger partial charge in [-0.3, -0.25) is 4.79 Å². The Morgan fingerprint density at radius 1 is 1.10 bits per heavy atom. The van der Waals surface area contributed by atoms with E-state index in [1.54, 1.807) is 18.3 Å². The van der Waals surface area contributed by atoms with Crippen molar-refractivity contribution in [2.24, 2.45) is 0 Å². The Morgan fingerprint density at radius 2 is 1.86 bits per heavy atom. The zero-order valence-electron chi connectivity index (χ0n) is 16.3. The van der Waals surface area contributed by atoms with Gasteiger partial charge in [0, 0.05) is 36.5 Å². The number of halogens is 1. The van der Waals surface area contributed by atoms with Crippen LogP contribution in [0.5, 0.6) is 0 Å². The number of aryl methyl sites for hydroxylation is 1. The Kier molecular flexibility index (Phi) is 5.51. The van der Waals surface area contributed by atoms with Gasteiger partial charge in [0.25, 0.3) is 5.91 Å². The van der Waals surface area contributed by atoms with E-state index < -0.39 is 0 Å². The number of nitrogens with one attached hydrogen (secondary N) is 1. The molecule has 0 aliphatic carbocycles. The van der Waals surface area contributed by atoms with Crippen molar-refractivity contribution in [2.45, 2.75) is 25.7 Å². The minimum Gasteiger partial charge on any atom is -0.338 e. The van der Waals surface area contributed by atoms with E-state index in [2.05, 4.69) is 15.3 Å². The van der Waals surface area contributed by atoms with Gasteiger partial charge in [-0.1, -0.05) is 17.7 Å². The summed E-state index contributed by atoms with van der Waals surface area (Å²) >= 11 is 0. The highest BCUT2D eigenvalue weighted by atomic mass is 19.1. The molecule has 1 amide bonds. The molecule has 2 heterocycles. The van der Waals surface area contributed by atoms with Crippen LogP contribution in [0.3, 0.4) is 0 Å².